The van der Waals surface area contributed by atoms with Gasteiger partial charge in [-0.05, 0) is 18.4 Å². The van der Waals surface area contributed by atoms with Crippen LogP contribution in [-0.2, 0) is 11.8 Å². The van der Waals surface area contributed by atoms with Crippen LogP contribution in [0.1, 0.15) is 43.6 Å². The van der Waals surface area contributed by atoms with Gasteiger partial charge in [0.15, 0.2) is 0 Å². The SMILES string of the molecule is Cn1cc([C@H]2CNC[C@@H]2C(=O)N2CCCCCCC2)cn1. The maximum absolute atomic E-state index is 12.9. The molecule has 0 radical (unpaired) electrons. The van der Waals surface area contributed by atoms with E-state index in [4.69, 9.17) is 0 Å². The molecule has 3 rings (SSSR count). The third-order valence-corrected chi connectivity index (χ3v) is 4.85. The van der Waals surface area contributed by atoms with Crippen molar-refractivity contribution in [3.8, 4) is 0 Å². The van der Waals surface area contributed by atoms with E-state index in [0.29, 0.717) is 5.91 Å². The molecule has 5 heteroatoms. The van der Waals surface area contributed by atoms with E-state index < -0.39 is 0 Å². The van der Waals surface area contributed by atoms with E-state index in [1.807, 2.05) is 24.1 Å². The van der Waals surface area contributed by atoms with Crippen molar-refractivity contribution >= 4 is 5.91 Å². The Bertz CT molecular complexity index is 476. The van der Waals surface area contributed by atoms with Gasteiger partial charge in [-0.1, -0.05) is 19.3 Å². The van der Waals surface area contributed by atoms with Gasteiger partial charge in [-0.3, -0.25) is 9.48 Å². The van der Waals surface area contributed by atoms with Crippen LogP contribution in [0.5, 0.6) is 0 Å². The highest BCUT2D eigenvalue weighted by atomic mass is 16.2. The molecule has 21 heavy (non-hydrogen) atoms. The van der Waals surface area contributed by atoms with Crippen LogP contribution < -0.4 is 5.32 Å². The molecule has 1 N–H and O–H groups in total. The highest BCUT2D eigenvalue weighted by Crippen LogP contribution is 2.29. The number of rotatable bonds is 2. The Kier molecular flexibility index (Phi) is 4.58. The Balaban J connectivity index is 1.70. The maximum Gasteiger partial charge on any atom is 0.227 e. The number of aromatic nitrogens is 2. The molecule has 1 aromatic heterocycles. The van der Waals surface area contributed by atoms with Crippen molar-refractivity contribution < 1.29 is 4.79 Å². The zero-order valence-corrected chi connectivity index (χ0v) is 12.9. The standard InChI is InChI=1S/C16H26N4O/c1-19-12-13(9-18-19)14-10-17-11-15(14)16(21)20-7-5-3-2-4-6-8-20/h9,12,14-15,17H,2-8,10-11H2,1H3/t14-,15+/m1/s1. The van der Waals surface area contributed by atoms with Crippen molar-refractivity contribution in [2.24, 2.45) is 13.0 Å². The summed E-state index contributed by atoms with van der Waals surface area (Å²) in [5.74, 6) is 0.695. The molecule has 0 spiro atoms. The highest BCUT2D eigenvalue weighted by molar-refractivity contribution is 5.80. The Morgan fingerprint density at radius 2 is 1.90 bits per heavy atom. The lowest BCUT2D eigenvalue weighted by atomic mass is 9.89. The molecule has 0 aromatic carbocycles. The van der Waals surface area contributed by atoms with Crippen LogP contribution in [0.25, 0.3) is 0 Å². The molecule has 2 fully saturated rings. The van der Waals surface area contributed by atoms with Crippen molar-refractivity contribution in [3.05, 3.63) is 18.0 Å². The van der Waals surface area contributed by atoms with Crippen molar-refractivity contribution in [2.75, 3.05) is 26.2 Å². The van der Waals surface area contributed by atoms with Gasteiger partial charge in [0, 0.05) is 45.3 Å². The fraction of sp³-hybridized carbons (Fsp3) is 0.750. The van der Waals surface area contributed by atoms with Gasteiger partial charge in [0.25, 0.3) is 0 Å². The average molecular weight is 290 g/mol. The summed E-state index contributed by atoms with van der Waals surface area (Å²) in [4.78, 5) is 15.0. The molecule has 2 saturated heterocycles. The van der Waals surface area contributed by atoms with Crippen LogP contribution in [0.4, 0.5) is 0 Å². The van der Waals surface area contributed by atoms with E-state index in [1.165, 1.54) is 24.8 Å². The van der Waals surface area contributed by atoms with Crippen LogP contribution in [0, 0.1) is 5.92 Å². The van der Waals surface area contributed by atoms with E-state index in [-0.39, 0.29) is 11.8 Å². The van der Waals surface area contributed by atoms with E-state index in [9.17, 15) is 4.79 Å². The minimum Gasteiger partial charge on any atom is -0.342 e. The Hall–Kier alpha value is -1.36. The molecule has 116 valence electrons. The maximum atomic E-state index is 12.9. The largest absolute Gasteiger partial charge is 0.342 e. The third-order valence-electron chi connectivity index (χ3n) is 4.85. The van der Waals surface area contributed by atoms with Gasteiger partial charge >= 0.3 is 0 Å². The molecule has 0 bridgehead atoms. The molecule has 0 aliphatic carbocycles. The zero-order chi connectivity index (χ0) is 14.7. The molecule has 0 saturated carbocycles. The number of hydrogen-bond acceptors (Lipinski definition) is 3. The average Bonchev–Trinajstić information content (AvgIpc) is 3.05. The molecule has 1 aromatic rings. The van der Waals surface area contributed by atoms with Crippen LogP contribution in [-0.4, -0.2) is 46.8 Å². The molecule has 2 atom stereocenters. The predicted molar refractivity (Wildman–Crippen MR) is 82.0 cm³/mol. The van der Waals surface area contributed by atoms with E-state index in [0.717, 1.165) is 39.0 Å². The van der Waals surface area contributed by atoms with Crippen molar-refractivity contribution in [1.82, 2.24) is 20.0 Å². The van der Waals surface area contributed by atoms with E-state index in [2.05, 4.69) is 15.3 Å². The van der Waals surface area contributed by atoms with Crippen LogP contribution in [0.15, 0.2) is 12.4 Å². The van der Waals surface area contributed by atoms with Crippen molar-refractivity contribution in [1.29, 1.82) is 0 Å². The molecule has 5 nitrogen and oxygen atoms in total. The monoisotopic (exact) mass is 290 g/mol. The summed E-state index contributed by atoms with van der Waals surface area (Å²) < 4.78 is 1.82. The summed E-state index contributed by atoms with van der Waals surface area (Å²) in [6.07, 6.45) is 10.1. The lowest BCUT2D eigenvalue weighted by molar-refractivity contribution is -0.135. The number of aryl methyl sites for hydroxylation is 1. The second-order valence-corrected chi connectivity index (χ2v) is 6.41. The fourth-order valence-corrected chi connectivity index (χ4v) is 3.62. The van der Waals surface area contributed by atoms with Gasteiger partial charge in [-0.2, -0.15) is 5.10 Å². The number of nitrogens with one attached hydrogen (secondary N) is 1. The molecular formula is C16H26N4O. The lowest BCUT2D eigenvalue weighted by Crippen LogP contribution is -2.40. The summed E-state index contributed by atoms with van der Waals surface area (Å²) in [7, 11) is 1.93. The first-order valence-electron chi connectivity index (χ1n) is 8.24. The zero-order valence-electron chi connectivity index (χ0n) is 12.9. The summed E-state index contributed by atoms with van der Waals surface area (Å²) in [5.41, 5.74) is 1.19. The lowest BCUT2D eigenvalue weighted by Gasteiger charge is -2.29. The minimum atomic E-state index is 0.0774. The summed E-state index contributed by atoms with van der Waals surface area (Å²) in [6.45, 7) is 3.56. The fourth-order valence-electron chi connectivity index (χ4n) is 3.62. The number of amides is 1. The normalized spacial score (nSPS) is 27.4. The highest BCUT2D eigenvalue weighted by Gasteiger charge is 2.36. The minimum absolute atomic E-state index is 0.0774. The molecule has 2 aliphatic heterocycles. The number of likely N-dealkylation sites (tertiary alicyclic amines) is 1. The summed E-state index contributed by atoms with van der Waals surface area (Å²) >= 11 is 0. The number of hydrogen-bond donors (Lipinski definition) is 1. The first-order chi connectivity index (χ1) is 10.3. The molecule has 0 unspecified atom stereocenters. The molecular weight excluding hydrogens is 264 g/mol. The van der Waals surface area contributed by atoms with Gasteiger partial charge < -0.3 is 10.2 Å². The number of nitrogens with zero attached hydrogens (tertiary/aromatic N) is 3. The van der Waals surface area contributed by atoms with Crippen LogP contribution in [0.2, 0.25) is 0 Å². The summed E-state index contributed by atoms with van der Waals surface area (Å²) in [6, 6.07) is 0. The summed E-state index contributed by atoms with van der Waals surface area (Å²) in [5, 5.41) is 7.65. The predicted octanol–water partition coefficient (Wildman–Crippen LogP) is 1.52. The van der Waals surface area contributed by atoms with E-state index >= 15 is 0 Å². The quantitative estimate of drug-likeness (QED) is 0.898. The molecule has 3 heterocycles. The van der Waals surface area contributed by atoms with Gasteiger partial charge in [0.1, 0.15) is 0 Å². The third kappa shape index (κ3) is 3.28. The van der Waals surface area contributed by atoms with Crippen molar-refractivity contribution in [2.45, 2.75) is 38.0 Å². The second kappa shape index (κ2) is 6.60. The van der Waals surface area contributed by atoms with Crippen molar-refractivity contribution in [3.63, 3.8) is 0 Å². The van der Waals surface area contributed by atoms with E-state index in [1.54, 1.807) is 0 Å². The first kappa shape index (κ1) is 14.6. The number of carbonyl (C=O) groups is 1. The smallest absolute Gasteiger partial charge is 0.227 e. The Morgan fingerprint density at radius 1 is 1.19 bits per heavy atom. The number of carbonyl (C=O) groups excluding carboxylic acids is 1. The second-order valence-electron chi connectivity index (χ2n) is 6.41. The van der Waals surface area contributed by atoms with Gasteiger partial charge in [0.2, 0.25) is 5.91 Å². The molecule has 2 aliphatic rings. The van der Waals surface area contributed by atoms with Crippen LogP contribution in [0.3, 0.4) is 0 Å². The topological polar surface area (TPSA) is 50.2 Å². The molecule has 1 amide bonds. The van der Waals surface area contributed by atoms with Gasteiger partial charge in [-0.25, -0.2) is 0 Å². The Labute approximate surface area is 126 Å². The van der Waals surface area contributed by atoms with Gasteiger partial charge in [-0.15, -0.1) is 0 Å². The Morgan fingerprint density at radius 3 is 2.57 bits per heavy atom. The van der Waals surface area contributed by atoms with Gasteiger partial charge in [0.05, 0.1) is 12.1 Å². The first-order valence-corrected chi connectivity index (χ1v) is 8.24. The van der Waals surface area contributed by atoms with Crippen LogP contribution >= 0.6 is 0 Å².